The Morgan fingerprint density at radius 2 is 1.11 bits per heavy atom. The van der Waals surface area contributed by atoms with Crippen molar-refractivity contribution in [3.05, 3.63) is 138 Å². The number of likely N-dealkylation sites (N-methyl/N-ethyl adjacent to an activating group) is 1. The van der Waals surface area contributed by atoms with Crippen molar-refractivity contribution in [2.24, 2.45) is 0 Å². The van der Waals surface area contributed by atoms with Crippen molar-refractivity contribution in [2.45, 2.75) is 20.3 Å². The van der Waals surface area contributed by atoms with Crippen LogP contribution in [-0.2, 0) is 6.42 Å². The summed E-state index contributed by atoms with van der Waals surface area (Å²) in [6.45, 7) is 8.12. The van der Waals surface area contributed by atoms with Crippen LogP contribution >= 0.6 is 0 Å². The van der Waals surface area contributed by atoms with E-state index in [9.17, 15) is 0 Å². The summed E-state index contributed by atoms with van der Waals surface area (Å²) in [4.78, 5) is 2.38. The summed E-state index contributed by atoms with van der Waals surface area (Å²) in [5.74, 6) is 0.914. The van der Waals surface area contributed by atoms with E-state index in [1.165, 1.54) is 33.4 Å². The summed E-state index contributed by atoms with van der Waals surface area (Å²) in [6, 6.07) is 40.8. The van der Waals surface area contributed by atoms with Gasteiger partial charge in [0.05, 0.1) is 0 Å². The first kappa shape index (κ1) is 24.5. The van der Waals surface area contributed by atoms with Crippen molar-refractivity contribution < 1.29 is 4.74 Å². The summed E-state index contributed by atoms with van der Waals surface area (Å²) < 4.78 is 6.06. The van der Waals surface area contributed by atoms with E-state index in [1.54, 1.807) is 0 Å². The first-order valence-corrected chi connectivity index (χ1v) is 12.6. The van der Waals surface area contributed by atoms with Crippen molar-refractivity contribution in [2.75, 3.05) is 26.2 Å². The molecule has 0 fully saturated rings. The Labute approximate surface area is 210 Å². The smallest absolute Gasteiger partial charge is 0.119 e. The highest BCUT2D eigenvalue weighted by Gasteiger charge is 2.15. The van der Waals surface area contributed by atoms with E-state index in [4.69, 9.17) is 4.74 Å². The molecular weight excluding hydrogens is 426 g/mol. The van der Waals surface area contributed by atoms with Crippen LogP contribution in [0.15, 0.2) is 115 Å². The Hall–Kier alpha value is -3.62. The van der Waals surface area contributed by atoms with Crippen LogP contribution in [0.5, 0.6) is 5.75 Å². The fraction of sp³-hybridized carbons (Fsp3) is 0.212. The Morgan fingerprint density at radius 1 is 0.600 bits per heavy atom. The van der Waals surface area contributed by atoms with Crippen LogP contribution in [0.4, 0.5) is 0 Å². The SMILES string of the molecule is CCN(CC)CCOc1ccc(/C(=C(/Cc2ccccc2)c2ccccc2)c2ccccc2)cc1. The average Bonchev–Trinajstić information content (AvgIpc) is 2.93. The Bertz CT molecular complexity index is 1180. The number of allylic oxidation sites excluding steroid dienone is 1. The maximum absolute atomic E-state index is 6.06. The second-order valence-electron chi connectivity index (χ2n) is 8.65. The highest BCUT2D eigenvalue weighted by atomic mass is 16.5. The van der Waals surface area contributed by atoms with E-state index in [1.807, 2.05) is 0 Å². The topological polar surface area (TPSA) is 12.5 Å². The first-order valence-electron chi connectivity index (χ1n) is 12.6. The van der Waals surface area contributed by atoms with E-state index in [0.717, 1.165) is 31.8 Å². The number of ether oxygens (including phenoxy) is 1. The van der Waals surface area contributed by atoms with Crippen molar-refractivity contribution in [3.8, 4) is 5.75 Å². The lowest BCUT2D eigenvalue weighted by molar-refractivity contribution is 0.223. The van der Waals surface area contributed by atoms with Gasteiger partial charge in [-0.05, 0) is 65.0 Å². The van der Waals surface area contributed by atoms with Crippen molar-refractivity contribution in [1.82, 2.24) is 4.90 Å². The number of rotatable bonds is 11. The Kier molecular flexibility index (Phi) is 8.91. The number of hydrogen-bond donors (Lipinski definition) is 0. The molecule has 4 aromatic rings. The molecule has 178 valence electrons. The normalized spacial score (nSPS) is 11.9. The predicted octanol–water partition coefficient (Wildman–Crippen LogP) is 7.61. The standard InChI is InChI=1S/C33H35NO/c1-3-34(4-2)24-25-35-31-22-20-30(21-23-31)33(29-18-12-7-13-19-29)32(28-16-10-6-11-17-28)26-27-14-8-5-9-15-27/h5-23H,3-4,24-26H2,1-2H3/b33-32-. The molecule has 2 heteroatoms. The van der Waals surface area contributed by atoms with Gasteiger partial charge in [0.2, 0.25) is 0 Å². The van der Waals surface area contributed by atoms with Gasteiger partial charge in [0.25, 0.3) is 0 Å². The van der Waals surface area contributed by atoms with Crippen LogP contribution in [0.3, 0.4) is 0 Å². The van der Waals surface area contributed by atoms with Gasteiger partial charge in [-0.25, -0.2) is 0 Å². The lowest BCUT2D eigenvalue weighted by atomic mass is 9.86. The molecule has 0 unspecified atom stereocenters. The van der Waals surface area contributed by atoms with E-state index in [2.05, 4.69) is 134 Å². The van der Waals surface area contributed by atoms with Gasteiger partial charge in [0.15, 0.2) is 0 Å². The van der Waals surface area contributed by atoms with Crippen molar-refractivity contribution >= 4 is 11.1 Å². The summed E-state index contributed by atoms with van der Waals surface area (Å²) in [5.41, 5.74) is 7.54. The van der Waals surface area contributed by atoms with Gasteiger partial charge in [-0.1, -0.05) is 117 Å². The highest BCUT2D eigenvalue weighted by Crippen LogP contribution is 2.35. The molecule has 0 saturated carbocycles. The van der Waals surface area contributed by atoms with Crippen LogP contribution in [0.25, 0.3) is 11.1 Å². The maximum atomic E-state index is 6.06. The summed E-state index contributed by atoms with van der Waals surface area (Å²) >= 11 is 0. The first-order chi connectivity index (χ1) is 17.3. The number of nitrogens with zero attached hydrogens (tertiary/aromatic N) is 1. The molecule has 35 heavy (non-hydrogen) atoms. The minimum Gasteiger partial charge on any atom is -0.492 e. The van der Waals surface area contributed by atoms with E-state index >= 15 is 0 Å². The van der Waals surface area contributed by atoms with Gasteiger partial charge in [0, 0.05) is 6.54 Å². The van der Waals surface area contributed by atoms with Crippen LogP contribution in [0.2, 0.25) is 0 Å². The molecule has 0 heterocycles. The zero-order valence-corrected chi connectivity index (χ0v) is 20.9. The molecule has 0 spiro atoms. The van der Waals surface area contributed by atoms with Gasteiger partial charge in [0.1, 0.15) is 12.4 Å². The molecule has 0 atom stereocenters. The van der Waals surface area contributed by atoms with E-state index in [-0.39, 0.29) is 0 Å². The average molecular weight is 462 g/mol. The molecule has 0 aliphatic heterocycles. The zero-order chi connectivity index (χ0) is 24.3. The van der Waals surface area contributed by atoms with Crippen LogP contribution in [0.1, 0.15) is 36.1 Å². The Morgan fingerprint density at radius 3 is 1.69 bits per heavy atom. The van der Waals surface area contributed by atoms with E-state index < -0.39 is 0 Å². The Balaban J connectivity index is 1.73. The van der Waals surface area contributed by atoms with Gasteiger partial charge >= 0.3 is 0 Å². The third-order valence-electron chi connectivity index (χ3n) is 6.42. The molecule has 0 amide bonds. The number of hydrogen-bond acceptors (Lipinski definition) is 2. The molecule has 4 rings (SSSR count). The zero-order valence-electron chi connectivity index (χ0n) is 20.9. The van der Waals surface area contributed by atoms with Gasteiger partial charge < -0.3 is 9.64 Å². The van der Waals surface area contributed by atoms with Crippen molar-refractivity contribution in [1.29, 1.82) is 0 Å². The van der Waals surface area contributed by atoms with E-state index in [0.29, 0.717) is 6.61 Å². The van der Waals surface area contributed by atoms with Crippen LogP contribution in [-0.4, -0.2) is 31.1 Å². The highest BCUT2D eigenvalue weighted by molar-refractivity contribution is 5.99. The molecule has 0 aromatic heterocycles. The molecule has 0 N–H and O–H groups in total. The van der Waals surface area contributed by atoms with Crippen LogP contribution in [0, 0.1) is 0 Å². The lowest BCUT2D eigenvalue weighted by Crippen LogP contribution is -2.27. The maximum Gasteiger partial charge on any atom is 0.119 e. The van der Waals surface area contributed by atoms with Gasteiger partial charge in [-0.2, -0.15) is 0 Å². The molecule has 0 bridgehead atoms. The molecular formula is C33H35NO. The summed E-state index contributed by atoms with van der Waals surface area (Å²) in [5, 5.41) is 0. The molecule has 0 radical (unpaired) electrons. The second-order valence-corrected chi connectivity index (χ2v) is 8.65. The summed E-state index contributed by atoms with van der Waals surface area (Å²) in [7, 11) is 0. The molecule has 0 saturated heterocycles. The predicted molar refractivity (Wildman–Crippen MR) is 149 cm³/mol. The van der Waals surface area contributed by atoms with Crippen molar-refractivity contribution in [3.63, 3.8) is 0 Å². The van der Waals surface area contributed by atoms with Gasteiger partial charge in [-0.15, -0.1) is 0 Å². The summed E-state index contributed by atoms with van der Waals surface area (Å²) in [6.07, 6.45) is 0.858. The van der Waals surface area contributed by atoms with Gasteiger partial charge in [-0.3, -0.25) is 0 Å². The second kappa shape index (κ2) is 12.7. The fourth-order valence-corrected chi connectivity index (χ4v) is 4.44. The third-order valence-corrected chi connectivity index (χ3v) is 6.42. The van der Waals surface area contributed by atoms with Crippen LogP contribution < -0.4 is 4.74 Å². The fourth-order valence-electron chi connectivity index (χ4n) is 4.44. The minimum absolute atomic E-state index is 0.700. The quantitative estimate of drug-likeness (QED) is 0.213. The molecule has 0 aliphatic rings. The minimum atomic E-state index is 0.700. The number of benzene rings is 4. The lowest BCUT2D eigenvalue weighted by Gasteiger charge is -2.19. The monoisotopic (exact) mass is 461 g/mol. The third kappa shape index (κ3) is 6.71. The molecule has 0 aliphatic carbocycles. The molecule has 4 aromatic carbocycles. The molecule has 2 nitrogen and oxygen atoms in total. The largest absolute Gasteiger partial charge is 0.492 e.